The van der Waals surface area contributed by atoms with Crippen LogP contribution in [0.15, 0.2) is 58.4 Å². The fourth-order valence-electron chi connectivity index (χ4n) is 4.55. The third-order valence-corrected chi connectivity index (χ3v) is 7.49. The van der Waals surface area contributed by atoms with E-state index in [1.807, 2.05) is 63.2 Å². The van der Waals surface area contributed by atoms with E-state index < -0.39 is 0 Å². The van der Waals surface area contributed by atoms with Crippen LogP contribution in [0.4, 0.5) is 5.82 Å². The first-order chi connectivity index (χ1) is 16.8. The molecule has 9 heteroatoms. The molecule has 2 fully saturated rings. The summed E-state index contributed by atoms with van der Waals surface area (Å²) < 4.78 is 7.93. The van der Waals surface area contributed by atoms with Crippen molar-refractivity contribution in [1.29, 1.82) is 0 Å². The van der Waals surface area contributed by atoms with Crippen molar-refractivity contribution in [2.24, 2.45) is 0 Å². The predicted molar refractivity (Wildman–Crippen MR) is 144 cm³/mol. The lowest BCUT2D eigenvalue weighted by Gasteiger charge is -2.36. The Labute approximate surface area is 213 Å². The summed E-state index contributed by atoms with van der Waals surface area (Å²) in [6.07, 6.45) is 3.36. The van der Waals surface area contributed by atoms with Crippen LogP contribution in [0.25, 0.3) is 11.7 Å². The normalized spacial score (nSPS) is 22.0. The maximum atomic E-state index is 13.7. The Hall–Kier alpha value is -3.01. The maximum absolute atomic E-state index is 13.7. The number of thioether (sulfide) groups is 1. The first-order valence-electron chi connectivity index (χ1n) is 11.5. The van der Waals surface area contributed by atoms with Gasteiger partial charge in [-0.1, -0.05) is 60.4 Å². The average molecular weight is 507 g/mol. The summed E-state index contributed by atoms with van der Waals surface area (Å²) in [7, 11) is 0. The molecule has 0 N–H and O–H groups in total. The second kappa shape index (κ2) is 9.56. The number of pyridine rings is 1. The number of nitrogens with zero attached hydrogens (tertiary/aromatic N) is 4. The van der Waals surface area contributed by atoms with Crippen molar-refractivity contribution in [2.75, 3.05) is 18.0 Å². The molecule has 0 saturated carbocycles. The summed E-state index contributed by atoms with van der Waals surface area (Å²) in [5.74, 6) is 0.367. The molecule has 35 heavy (non-hydrogen) atoms. The van der Waals surface area contributed by atoms with Gasteiger partial charge in [0.15, 0.2) is 0 Å². The number of hydrogen-bond donors (Lipinski definition) is 0. The van der Waals surface area contributed by atoms with Crippen LogP contribution in [-0.4, -0.2) is 49.8 Å². The molecule has 1 amide bonds. The number of fused-ring (bicyclic) bond motifs is 1. The number of hydrogen-bond acceptors (Lipinski definition) is 7. The van der Waals surface area contributed by atoms with Gasteiger partial charge in [0.25, 0.3) is 11.5 Å². The second-order valence-corrected chi connectivity index (χ2v) is 10.6. The van der Waals surface area contributed by atoms with Gasteiger partial charge in [0, 0.05) is 19.3 Å². The highest BCUT2D eigenvalue weighted by Gasteiger charge is 2.33. The van der Waals surface area contributed by atoms with E-state index in [1.165, 1.54) is 11.8 Å². The van der Waals surface area contributed by atoms with Crippen LogP contribution < -0.4 is 10.5 Å². The van der Waals surface area contributed by atoms with Crippen molar-refractivity contribution in [3.63, 3.8) is 0 Å². The van der Waals surface area contributed by atoms with Crippen LogP contribution in [0, 0.1) is 6.92 Å². The zero-order valence-electron chi connectivity index (χ0n) is 19.8. The first-order valence-corrected chi connectivity index (χ1v) is 12.8. The number of aromatic nitrogens is 2. The molecular weight excluding hydrogens is 480 g/mol. The SMILES string of the molecule is Cc1cccn2c(=O)c(/C=C3/SC(=S)N(Cc4ccccc4)C3=O)c(N3C[C@@H](C)O[C@H](C)C3)nc12. The number of morpholine rings is 1. The third-order valence-electron chi connectivity index (χ3n) is 6.12. The van der Waals surface area contributed by atoms with Gasteiger partial charge in [-0.05, 0) is 44.0 Å². The second-order valence-electron chi connectivity index (χ2n) is 8.95. The minimum Gasteiger partial charge on any atom is -0.372 e. The highest BCUT2D eigenvalue weighted by molar-refractivity contribution is 8.26. The number of amides is 1. The molecule has 5 rings (SSSR count). The van der Waals surface area contributed by atoms with E-state index in [-0.39, 0.29) is 23.7 Å². The molecule has 0 bridgehead atoms. The monoisotopic (exact) mass is 506 g/mol. The van der Waals surface area contributed by atoms with Crippen LogP contribution in [0.3, 0.4) is 0 Å². The highest BCUT2D eigenvalue weighted by atomic mass is 32.2. The van der Waals surface area contributed by atoms with Crippen molar-refractivity contribution >= 4 is 51.7 Å². The fraction of sp³-hybridized carbons (Fsp3) is 0.308. The minimum atomic E-state index is -0.214. The van der Waals surface area contributed by atoms with Crippen molar-refractivity contribution in [1.82, 2.24) is 14.3 Å². The molecule has 0 radical (unpaired) electrons. The molecule has 4 heterocycles. The Morgan fingerprint density at radius 3 is 2.54 bits per heavy atom. The Balaban J connectivity index is 1.60. The summed E-state index contributed by atoms with van der Waals surface area (Å²) in [5.41, 5.74) is 2.67. The first kappa shape index (κ1) is 23.7. The molecule has 0 aliphatic carbocycles. The van der Waals surface area contributed by atoms with Crippen molar-refractivity contribution in [3.8, 4) is 0 Å². The fourth-order valence-corrected chi connectivity index (χ4v) is 5.79. The quantitative estimate of drug-likeness (QED) is 0.391. The molecule has 2 aliphatic rings. The van der Waals surface area contributed by atoms with E-state index in [0.717, 1.165) is 11.1 Å². The maximum Gasteiger partial charge on any atom is 0.267 e. The topological polar surface area (TPSA) is 67.2 Å². The number of thiocarbonyl (C=S) groups is 1. The van der Waals surface area contributed by atoms with Crippen molar-refractivity contribution in [2.45, 2.75) is 39.5 Å². The molecule has 2 aromatic heterocycles. The van der Waals surface area contributed by atoms with Crippen LogP contribution >= 0.6 is 24.0 Å². The van der Waals surface area contributed by atoms with E-state index in [2.05, 4.69) is 4.90 Å². The van der Waals surface area contributed by atoms with E-state index in [0.29, 0.717) is 45.9 Å². The number of anilines is 1. The van der Waals surface area contributed by atoms with Crippen molar-refractivity contribution in [3.05, 3.63) is 80.6 Å². The smallest absolute Gasteiger partial charge is 0.267 e. The van der Waals surface area contributed by atoms with Crippen molar-refractivity contribution < 1.29 is 9.53 Å². The summed E-state index contributed by atoms with van der Waals surface area (Å²) >= 11 is 6.75. The van der Waals surface area contributed by atoms with E-state index >= 15 is 0 Å². The number of benzene rings is 1. The zero-order chi connectivity index (χ0) is 24.7. The Kier molecular flexibility index (Phi) is 6.48. The molecule has 180 valence electrons. The number of rotatable bonds is 4. The van der Waals surface area contributed by atoms with Crippen LogP contribution in [0.2, 0.25) is 0 Å². The van der Waals surface area contributed by atoms with Crippen LogP contribution in [0.5, 0.6) is 0 Å². The number of ether oxygens (including phenoxy) is 1. The van der Waals surface area contributed by atoms with Gasteiger partial charge in [0.1, 0.15) is 15.8 Å². The molecule has 2 aliphatic heterocycles. The summed E-state index contributed by atoms with van der Waals surface area (Å²) in [6.45, 7) is 7.56. The lowest BCUT2D eigenvalue weighted by Crippen LogP contribution is -2.46. The molecule has 1 aromatic carbocycles. The summed E-state index contributed by atoms with van der Waals surface area (Å²) in [4.78, 5) is 36.1. The van der Waals surface area contributed by atoms with Gasteiger partial charge < -0.3 is 9.64 Å². The Morgan fingerprint density at radius 1 is 1.11 bits per heavy atom. The van der Waals surface area contributed by atoms with E-state index in [1.54, 1.807) is 21.6 Å². The number of aryl methyl sites for hydroxylation is 1. The van der Waals surface area contributed by atoms with Gasteiger partial charge in [-0.2, -0.15) is 0 Å². The Morgan fingerprint density at radius 2 is 1.83 bits per heavy atom. The van der Waals surface area contributed by atoms with Gasteiger partial charge in [0.05, 0.1) is 29.2 Å². The Bertz CT molecular complexity index is 1390. The third kappa shape index (κ3) is 4.63. The molecular formula is C26H26N4O3S2. The lowest BCUT2D eigenvalue weighted by atomic mass is 10.1. The molecule has 0 unspecified atom stereocenters. The minimum absolute atomic E-state index is 0.00666. The molecule has 0 spiro atoms. The standard InChI is InChI=1S/C26H26N4O3S2/c1-16-8-7-11-29-22(16)27-23(28-13-17(2)33-18(3)14-28)20(24(29)31)12-21-25(32)30(26(34)35-21)15-19-9-5-4-6-10-19/h4-12,17-18H,13-15H2,1-3H3/b21-12+/t17-,18-/m1/s1. The zero-order valence-corrected chi connectivity index (χ0v) is 21.4. The number of carbonyl (C=O) groups is 1. The van der Waals surface area contributed by atoms with Gasteiger partial charge >= 0.3 is 0 Å². The molecule has 7 nitrogen and oxygen atoms in total. The van der Waals surface area contributed by atoms with Gasteiger partial charge in [-0.15, -0.1) is 0 Å². The predicted octanol–water partition coefficient (Wildman–Crippen LogP) is 4.02. The molecule has 3 aromatic rings. The van der Waals surface area contributed by atoms with Gasteiger partial charge in [-0.3, -0.25) is 18.9 Å². The lowest BCUT2D eigenvalue weighted by molar-refractivity contribution is -0.122. The van der Waals surface area contributed by atoms with Gasteiger partial charge in [0.2, 0.25) is 0 Å². The van der Waals surface area contributed by atoms with Gasteiger partial charge in [-0.25, -0.2) is 4.98 Å². The summed E-state index contributed by atoms with van der Waals surface area (Å²) in [5, 5.41) is 0. The number of carbonyl (C=O) groups excluding carboxylic acids is 1. The molecule has 2 saturated heterocycles. The molecule has 2 atom stereocenters. The largest absolute Gasteiger partial charge is 0.372 e. The van der Waals surface area contributed by atoms with Crippen LogP contribution in [-0.2, 0) is 16.1 Å². The average Bonchev–Trinajstić information content (AvgIpc) is 3.08. The van der Waals surface area contributed by atoms with E-state index in [4.69, 9.17) is 21.9 Å². The highest BCUT2D eigenvalue weighted by Crippen LogP contribution is 2.35. The van der Waals surface area contributed by atoms with Crippen LogP contribution in [0.1, 0.15) is 30.5 Å². The summed E-state index contributed by atoms with van der Waals surface area (Å²) in [6, 6.07) is 13.5. The van der Waals surface area contributed by atoms with E-state index in [9.17, 15) is 9.59 Å².